The Hall–Kier alpha value is -4.20. The molecule has 4 aromatic rings. The minimum atomic E-state index is 0.00333. The fourth-order valence-electron chi connectivity index (χ4n) is 4.54. The summed E-state index contributed by atoms with van der Waals surface area (Å²) in [4.78, 5) is 23.5. The van der Waals surface area contributed by atoms with Gasteiger partial charge in [-0.1, -0.05) is 24.3 Å². The van der Waals surface area contributed by atoms with Crippen molar-refractivity contribution in [2.24, 2.45) is 0 Å². The Morgan fingerprint density at radius 2 is 1.83 bits per heavy atom. The highest BCUT2D eigenvalue weighted by molar-refractivity contribution is 5.98. The fraction of sp³-hybridized carbons (Fsp3) is 0.259. The first-order valence-corrected chi connectivity index (χ1v) is 11.8. The number of carbonyl (C=O) groups excluding carboxylic acids is 1. The van der Waals surface area contributed by atoms with Crippen molar-refractivity contribution in [3.8, 4) is 22.8 Å². The van der Waals surface area contributed by atoms with Gasteiger partial charge in [0.15, 0.2) is 5.65 Å². The molecule has 1 atom stereocenters. The van der Waals surface area contributed by atoms with Crippen LogP contribution in [0.1, 0.15) is 31.6 Å². The zero-order valence-electron chi connectivity index (χ0n) is 19.9. The molecule has 1 fully saturated rings. The molecule has 1 amide bonds. The summed E-state index contributed by atoms with van der Waals surface area (Å²) < 4.78 is 7.86. The summed E-state index contributed by atoms with van der Waals surface area (Å²) in [7, 11) is 0. The lowest BCUT2D eigenvalue weighted by Gasteiger charge is -2.32. The Balaban J connectivity index is 1.51. The molecule has 178 valence electrons. The number of hydrogen-bond donors (Lipinski definition) is 1. The minimum absolute atomic E-state index is 0.00333. The average Bonchev–Trinajstić information content (AvgIpc) is 3.25. The number of nitrogen functional groups attached to an aromatic ring is 1. The molecular formula is C27H28N6O2. The molecule has 5 rings (SSSR count). The molecule has 2 N–H and O–H groups in total. The lowest BCUT2D eigenvalue weighted by Crippen LogP contribution is -2.40. The van der Waals surface area contributed by atoms with Crippen LogP contribution >= 0.6 is 0 Å². The number of carbonyl (C=O) groups is 1. The predicted octanol–water partition coefficient (Wildman–Crippen LogP) is 4.92. The van der Waals surface area contributed by atoms with Crippen LogP contribution in [0.25, 0.3) is 22.3 Å². The number of allylic oxidation sites excluding steroid dienone is 1. The Morgan fingerprint density at radius 1 is 1.09 bits per heavy atom. The molecule has 2 aromatic heterocycles. The van der Waals surface area contributed by atoms with E-state index < -0.39 is 0 Å². The minimum Gasteiger partial charge on any atom is -0.457 e. The van der Waals surface area contributed by atoms with Crippen molar-refractivity contribution in [3.63, 3.8) is 0 Å². The second-order valence-corrected chi connectivity index (χ2v) is 8.67. The number of piperidine rings is 1. The van der Waals surface area contributed by atoms with E-state index in [1.807, 2.05) is 78.0 Å². The van der Waals surface area contributed by atoms with Gasteiger partial charge in [-0.25, -0.2) is 14.6 Å². The molecule has 8 nitrogen and oxygen atoms in total. The normalized spacial score (nSPS) is 16.2. The number of aromatic nitrogens is 4. The van der Waals surface area contributed by atoms with Crippen molar-refractivity contribution in [1.29, 1.82) is 0 Å². The van der Waals surface area contributed by atoms with Crippen LogP contribution in [0.15, 0.2) is 66.7 Å². The number of nitrogens with two attached hydrogens (primary N) is 1. The maximum atomic E-state index is 12.5. The SMILES string of the molecule is C/C=C/C(=O)N1CCC[C@@H](n2nc(-c3ccc(Oc4ccccc4)cc3)c3c(N)nc(C)nc32)C1. The highest BCUT2D eigenvalue weighted by atomic mass is 16.5. The molecule has 0 unspecified atom stereocenters. The van der Waals surface area contributed by atoms with E-state index in [-0.39, 0.29) is 11.9 Å². The van der Waals surface area contributed by atoms with E-state index in [1.54, 1.807) is 12.2 Å². The van der Waals surface area contributed by atoms with Crippen LogP contribution in [0.3, 0.4) is 0 Å². The van der Waals surface area contributed by atoms with Gasteiger partial charge in [0.2, 0.25) is 5.91 Å². The molecule has 1 saturated heterocycles. The van der Waals surface area contributed by atoms with Crippen LogP contribution in [-0.4, -0.2) is 43.6 Å². The van der Waals surface area contributed by atoms with E-state index >= 15 is 0 Å². The molecule has 2 aromatic carbocycles. The Morgan fingerprint density at radius 3 is 2.57 bits per heavy atom. The van der Waals surface area contributed by atoms with Gasteiger partial charge < -0.3 is 15.4 Å². The summed E-state index contributed by atoms with van der Waals surface area (Å²) in [6, 6.07) is 17.4. The van der Waals surface area contributed by atoms with Gasteiger partial charge in [0.05, 0.1) is 11.4 Å². The number of fused-ring (bicyclic) bond motifs is 1. The third kappa shape index (κ3) is 4.59. The molecule has 0 radical (unpaired) electrons. The largest absolute Gasteiger partial charge is 0.457 e. The number of likely N-dealkylation sites (tertiary alicyclic amines) is 1. The molecule has 1 aliphatic rings. The second-order valence-electron chi connectivity index (χ2n) is 8.67. The molecule has 0 bridgehead atoms. The van der Waals surface area contributed by atoms with E-state index in [4.69, 9.17) is 20.6 Å². The highest BCUT2D eigenvalue weighted by Gasteiger charge is 2.28. The molecule has 0 aliphatic carbocycles. The zero-order valence-corrected chi connectivity index (χ0v) is 19.9. The van der Waals surface area contributed by atoms with E-state index in [9.17, 15) is 4.79 Å². The molecule has 35 heavy (non-hydrogen) atoms. The van der Waals surface area contributed by atoms with Crippen molar-refractivity contribution in [3.05, 3.63) is 72.6 Å². The molecular weight excluding hydrogens is 440 g/mol. The lowest BCUT2D eigenvalue weighted by atomic mass is 10.1. The number of benzene rings is 2. The van der Waals surface area contributed by atoms with Crippen molar-refractivity contribution < 1.29 is 9.53 Å². The van der Waals surface area contributed by atoms with Crippen LogP contribution in [0.5, 0.6) is 11.5 Å². The Labute approximate surface area is 204 Å². The first-order chi connectivity index (χ1) is 17.0. The molecule has 8 heteroatoms. The van der Waals surface area contributed by atoms with E-state index in [0.717, 1.165) is 47.5 Å². The number of hydrogen-bond acceptors (Lipinski definition) is 6. The van der Waals surface area contributed by atoms with Crippen molar-refractivity contribution in [2.45, 2.75) is 32.7 Å². The lowest BCUT2D eigenvalue weighted by molar-refractivity contribution is -0.127. The van der Waals surface area contributed by atoms with Crippen molar-refractivity contribution in [1.82, 2.24) is 24.6 Å². The van der Waals surface area contributed by atoms with Crippen LogP contribution in [0, 0.1) is 6.92 Å². The van der Waals surface area contributed by atoms with Gasteiger partial charge in [-0.15, -0.1) is 0 Å². The summed E-state index contributed by atoms with van der Waals surface area (Å²) in [5.74, 6) is 2.52. The van der Waals surface area contributed by atoms with E-state index in [2.05, 4.69) is 4.98 Å². The number of ether oxygens (including phenoxy) is 1. The second kappa shape index (κ2) is 9.58. The molecule has 3 heterocycles. The van der Waals surface area contributed by atoms with Crippen molar-refractivity contribution in [2.75, 3.05) is 18.8 Å². The van der Waals surface area contributed by atoms with Gasteiger partial charge >= 0.3 is 0 Å². The fourth-order valence-corrected chi connectivity index (χ4v) is 4.54. The maximum absolute atomic E-state index is 12.5. The summed E-state index contributed by atoms with van der Waals surface area (Å²) in [5.41, 5.74) is 8.69. The van der Waals surface area contributed by atoms with Gasteiger partial charge in [-0.2, -0.15) is 5.10 Å². The van der Waals surface area contributed by atoms with Gasteiger partial charge in [0, 0.05) is 18.7 Å². The number of nitrogens with zero attached hydrogens (tertiary/aromatic N) is 5. The quantitative estimate of drug-likeness (QED) is 0.418. The van der Waals surface area contributed by atoms with Gasteiger partial charge in [0.25, 0.3) is 0 Å². The van der Waals surface area contributed by atoms with Crippen LogP contribution in [0.2, 0.25) is 0 Å². The molecule has 0 saturated carbocycles. The number of rotatable bonds is 5. The Kier molecular flexibility index (Phi) is 6.18. The topological polar surface area (TPSA) is 99.2 Å². The third-order valence-corrected chi connectivity index (χ3v) is 6.16. The maximum Gasteiger partial charge on any atom is 0.246 e. The first-order valence-electron chi connectivity index (χ1n) is 11.8. The summed E-state index contributed by atoms with van der Waals surface area (Å²) >= 11 is 0. The summed E-state index contributed by atoms with van der Waals surface area (Å²) in [5, 5.41) is 5.70. The van der Waals surface area contributed by atoms with Gasteiger partial charge in [-0.05, 0) is 69.2 Å². The monoisotopic (exact) mass is 468 g/mol. The average molecular weight is 469 g/mol. The molecule has 0 spiro atoms. The number of para-hydroxylation sites is 1. The summed E-state index contributed by atoms with van der Waals surface area (Å²) in [6.07, 6.45) is 5.19. The van der Waals surface area contributed by atoms with Gasteiger partial charge in [0.1, 0.15) is 28.8 Å². The van der Waals surface area contributed by atoms with E-state index in [1.165, 1.54) is 0 Å². The standard InChI is InChI=1S/C27H28N6O2/c1-3-8-23(34)32-16-7-9-20(17-32)33-27-24(26(28)29-18(2)30-27)25(31-33)19-12-14-22(15-13-19)35-21-10-5-4-6-11-21/h3-6,8,10-15,20H,7,9,16-17H2,1-2H3,(H2,28,29,30)/b8-3+/t20-/m1/s1. The van der Waals surface area contributed by atoms with Crippen LogP contribution in [0.4, 0.5) is 5.82 Å². The molecule has 1 aliphatic heterocycles. The summed E-state index contributed by atoms with van der Waals surface area (Å²) in [6.45, 7) is 4.99. The third-order valence-electron chi connectivity index (χ3n) is 6.16. The Bertz CT molecular complexity index is 1380. The van der Waals surface area contributed by atoms with Crippen molar-refractivity contribution >= 4 is 22.8 Å². The zero-order chi connectivity index (χ0) is 24.4. The number of anilines is 1. The van der Waals surface area contributed by atoms with Crippen LogP contribution < -0.4 is 10.5 Å². The van der Waals surface area contributed by atoms with Gasteiger partial charge in [-0.3, -0.25) is 4.79 Å². The highest BCUT2D eigenvalue weighted by Crippen LogP contribution is 2.35. The first kappa shape index (κ1) is 22.6. The smallest absolute Gasteiger partial charge is 0.246 e. The number of aryl methyl sites for hydroxylation is 1. The number of amides is 1. The van der Waals surface area contributed by atoms with E-state index in [0.29, 0.717) is 23.8 Å². The predicted molar refractivity (Wildman–Crippen MR) is 136 cm³/mol. The van der Waals surface area contributed by atoms with Crippen LogP contribution in [-0.2, 0) is 4.79 Å².